The van der Waals surface area contributed by atoms with Crippen LogP contribution in [-0.4, -0.2) is 88.0 Å². The minimum Gasteiger partial charge on any atom is -0.505 e. The van der Waals surface area contributed by atoms with Gasteiger partial charge in [0.15, 0.2) is 11.5 Å². The first-order valence-corrected chi connectivity index (χ1v) is 30.7. The zero-order chi connectivity index (χ0) is 62.1. The highest BCUT2D eigenvalue weighted by Crippen LogP contribution is 2.48. The van der Waals surface area contributed by atoms with E-state index in [2.05, 4.69) is 49.3 Å². The molecule has 5 N–H and O–H groups in total. The van der Waals surface area contributed by atoms with Gasteiger partial charge in [0.1, 0.15) is 43.2 Å². The van der Waals surface area contributed by atoms with Crippen LogP contribution in [0.15, 0.2) is 187 Å². The normalized spacial score (nSPS) is 12.9. The van der Waals surface area contributed by atoms with Gasteiger partial charge in [-0.05, 0) is 103 Å². The standard InChI is InChI=1S/C49H39N11O20S5/c1-26-5-17-37(34-21-27(25-81(67,68)69)46(48(61)44(26)34)57-55-39-18-10-30(59(63)64)22-41(39)83(72,73)78-2)53-51-28-6-12-32(13-7-28)82(70,71)33-14-8-29(9-15-33)52-54-38-20-16-36(50)45-35(38)24-43(85(76,77)80-4)47(49(45)62)58-56-40-19-11-31(60(65)66)23-42(40)84(74,75)79-3/h5-24,61-62H,25,50H2,1-4H3,(H,67,68,69). The molecule has 8 aromatic carbocycles. The van der Waals surface area contributed by atoms with Gasteiger partial charge in [0.05, 0.1) is 69.1 Å². The Hall–Kier alpha value is -9.53. The Morgan fingerprint density at radius 3 is 1.33 bits per heavy atom. The molecule has 0 unspecified atom stereocenters. The summed E-state index contributed by atoms with van der Waals surface area (Å²) in [7, 11) is -20.8. The van der Waals surface area contributed by atoms with Crippen molar-refractivity contribution < 1.29 is 79.3 Å². The second-order valence-electron chi connectivity index (χ2n) is 17.4. The molecule has 31 nitrogen and oxygen atoms in total. The molecule has 0 atom stereocenters. The predicted molar refractivity (Wildman–Crippen MR) is 299 cm³/mol. The number of hydrogen-bond donors (Lipinski definition) is 4. The number of sulfone groups is 1. The Morgan fingerprint density at radius 1 is 0.482 bits per heavy atom. The lowest BCUT2D eigenvalue weighted by atomic mass is 9.99. The summed E-state index contributed by atoms with van der Waals surface area (Å²) in [5.74, 6) is -2.72. The van der Waals surface area contributed by atoms with E-state index in [1.807, 2.05) is 0 Å². The van der Waals surface area contributed by atoms with E-state index in [9.17, 15) is 77.1 Å². The highest BCUT2D eigenvalue weighted by Gasteiger charge is 2.29. The maximum Gasteiger partial charge on any atom is 0.299 e. The van der Waals surface area contributed by atoms with E-state index in [1.54, 1.807) is 6.92 Å². The van der Waals surface area contributed by atoms with E-state index < -0.39 is 126 Å². The van der Waals surface area contributed by atoms with Gasteiger partial charge in [-0.2, -0.15) is 43.9 Å². The molecule has 36 heteroatoms. The molecule has 85 heavy (non-hydrogen) atoms. The number of phenols is 2. The van der Waals surface area contributed by atoms with Crippen LogP contribution in [0.3, 0.4) is 0 Å². The Bertz CT molecular complexity index is 4840. The summed E-state index contributed by atoms with van der Waals surface area (Å²) < 4.78 is 153. The molecule has 0 spiro atoms. The molecule has 0 amide bonds. The number of nitrogens with zero attached hydrogens (tertiary/aromatic N) is 10. The Kier molecular flexibility index (Phi) is 17.1. The molecule has 0 aliphatic heterocycles. The minimum absolute atomic E-state index is 0.0374. The van der Waals surface area contributed by atoms with Gasteiger partial charge in [-0.25, -0.2) is 8.42 Å². The average molecular weight is 1260 g/mol. The SMILES string of the molecule is COS(=O)(=O)c1cc([N+](=O)[O-])ccc1N=Nc1c(CS(=O)(=O)O)cc2c(N=Nc3ccc(S(=O)(=O)c4ccc(N=Nc5ccc(N)c6c(O)c(N=Nc7ccc([N+](=O)[O-])cc7S(=O)(=O)OC)c(S(=O)(=O)OC)cc56)cc4)cc3)ccc(C)c2c1O. The molecule has 0 heterocycles. The molecule has 0 aliphatic carbocycles. The van der Waals surface area contributed by atoms with Crippen molar-refractivity contribution in [1.82, 2.24) is 0 Å². The third-order valence-electron chi connectivity index (χ3n) is 12.2. The molecule has 0 saturated carbocycles. The van der Waals surface area contributed by atoms with Crippen molar-refractivity contribution in [2.45, 2.75) is 37.2 Å². The van der Waals surface area contributed by atoms with Crippen LogP contribution in [0.5, 0.6) is 11.5 Å². The first-order chi connectivity index (χ1) is 39.9. The molecule has 0 aromatic heterocycles. The van der Waals surface area contributed by atoms with Crippen molar-refractivity contribution >= 4 is 134 Å². The van der Waals surface area contributed by atoms with Crippen LogP contribution in [0.25, 0.3) is 21.5 Å². The molecule has 0 saturated heterocycles. The average Bonchev–Trinajstić information content (AvgIpc) is 2.84. The van der Waals surface area contributed by atoms with Crippen molar-refractivity contribution in [3.63, 3.8) is 0 Å². The number of aryl methyl sites for hydroxylation is 1. The van der Waals surface area contributed by atoms with Crippen LogP contribution in [-0.2, 0) is 68.6 Å². The third kappa shape index (κ3) is 12.8. The van der Waals surface area contributed by atoms with Gasteiger partial charge in [-0.1, -0.05) is 6.07 Å². The van der Waals surface area contributed by atoms with Crippen LogP contribution in [0.4, 0.5) is 62.6 Å². The van der Waals surface area contributed by atoms with Crippen molar-refractivity contribution in [1.29, 1.82) is 0 Å². The monoisotopic (exact) mass is 1260 g/mol. The van der Waals surface area contributed by atoms with Crippen LogP contribution < -0.4 is 5.73 Å². The summed E-state index contributed by atoms with van der Waals surface area (Å²) in [6.07, 6.45) is 0. The molecular weight excluding hydrogens is 1220 g/mol. The lowest BCUT2D eigenvalue weighted by molar-refractivity contribution is -0.385. The van der Waals surface area contributed by atoms with E-state index in [1.165, 1.54) is 78.9 Å². The first kappa shape index (κ1) is 61.5. The van der Waals surface area contributed by atoms with Gasteiger partial charge in [0.2, 0.25) is 9.84 Å². The molecule has 8 rings (SSSR count). The summed E-state index contributed by atoms with van der Waals surface area (Å²) >= 11 is 0. The summed E-state index contributed by atoms with van der Waals surface area (Å²) in [5.41, 5.74) is 2.63. The molecule has 8 aromatic rings. The molecule has 0 bridgehead atoms. The minimum atomic E-state index is -4.85. The van der Waals surface area contributed by atoms with Crippen LogP contribution in [0.2, 0.25) is 0 Å². The van der Waals surface area contributed by atoms with Crippen molar-refractivity contribution in [3.05, 3.63) is 153 Å². The number of nitrogens with two attached hydrogens (primary N) is 1. The highest BCUT2D eigenvalue weighted by atomic mass is 32.2. The fourth-order valence-electron chi connectivity index (χ4n) is 8.06. The molecular formula is C49H39N11O20S5. The van der Waals surface area contributed by atoms with Crippen LogP contribution in [0, 0.1) is 27.2 Å². The largest absolute Gasteiger partial charge is 0.505 e. The van der Waals surface area contributed by atoms with Crippen LogP contribution >= 0.6 is 0 Å². The number of rotatable bonds is 20. The second kappa shape index (κ2) is 23.6. The van der Waals surface area contributed by atoms with Gasteiger partial charge in [0.25, 0.3) is 51.8 Å². The van der Waals surface area contributed by atoms with Crippen molar-refractivity contribution in [2.24, 2.45) is 40.9 Å². The molecule has 0 radical (unpaired) electrons. The van der Waals surface area contributed by atoms with Crippen molar-refractivity contribution in [2.75, 3.05) is 27.1 Å². The molecule has 440 valence electrons. The lowest BCUT2D eigenvalue weighted by Crippen LogP contribution is -2.04. The number of aromatic hydroxyl groups is 2. The summed E-state index contributed by atoms with van der Waals surface area (Å²) in [4.78, 5) is 18.3. The van der Waals surface area contributed by atoms with E-state index in [-0.39, 0.29) is 65.3 Å². The lowest BCUT2D eigenvalue weighted by Gasteiger charge is -2.13. The smallest absolute Gasteiger partial charge is 0.299 e. The Morgan fingerprint density at radius 2 is 0.882 bits per heavy atom. The van der Waals surface area contributed by atoms with Gasteiger partial charge in [-0.3, -0.25) is 37.3 Å². The summed E-state index contributed by atoms with van der Waals surface area (Å²) in [5, 5.41) is 77.8. The maximum absolute atomic E-state index is 13.8. The number of anilines is 1. The molecule has 0 aliphatic rings. The van der Waals surface area contributed by atoms with E-state index in [0.717, 1.165) is 51.7 Å². The number of nitro benzene ring substituents is 2. The number of non-ortho nitro benzene ring substituents is 2. The van der Waals surface area contributed by atoms with Gasteiger partial charge >= 0.3 is 0 Å². The number of nitro groups is 2. The third-order valence-corrected chi connectivity index (χ3v) is 18.6. The first-order valence-electron chi connectivity index (χ1n) is 23.3. The fourth-order valence-corrected chi connectivity index (χ4v) is 12.4. The van der Waals surface area contributed by atoms with E-state index >= 15 is 0 Å². The second-order valence-corrected chi connectivity index (χ2v) is 25.9. The summed E-state index contributed by atoms with van der Waals surface area (Å²) in [6, 6.07) is 22.9. The number of nitrogen functional groups attached to an aromatic ring is 1. The number of fused-ring (bicyclic) bond motifs is 2. The topological polar surface area (TPSA) is 470 Å². The molecule has 0 fully saturated rings. The van der Waals surface area contributed by atoms with Gasteiger partial charge in [0, 0.05) is 51.7 Å². The highest BCUT2D eigenvalue weighted by molar-refractivity contribution is 7.91. The van der Waals surface area contributed by atoms with E-state index in [0.29, 0.717) is 17.7 Å². The Labute approximate surface area is 480 Å². The number of hydrogen-bond acceptors (Lipinski definition) is 28. The van der Waals surface area contributed by atoms with Crippen molar-refractivity contribution in [3.8, 4) is 11.5 Å². The zero-order valence-electron chi connectivity index (χ0n) is 43.6. The van der Waals surface area contributed by atoms with E-state index in [4.69, 9.17) is 9.92 Å². The van der Waals surface area contributed by atoms with Gasteiger partial charge < -0.3 is 15.9 Å². The quantitative estimate of drug-likeness (QED) is 0.0137. The number of benzene rings is 8. The number of phenolic OH excluding ortho intramolecular Hbond substituents is 2. The summed E-state index contributed by atoms with van der Waals surface area (Å²) in [6.45, 7) is 1.57. The predicted octanol–water partition coefficient (Wildman–Crippen LogP) is 11.0. The fraction of sp³-hybridized carbons (Fsp3) is 0.102. The van der Waals surface area contributed by atoms with Crippen LogP contribution in [0.1, 0.15) is 11.1 Å². The van der Waals surface area contributed by atoms with Gasteiger partial charge in [-0.15, -0.1) is 30.7 Å². The maximum atomic E-state index is 13.8. The number of azo groups is 4. The Balaban J connectivity index is 1.06. The zero-order valence-corrected chi connectivity index (χ0v) is 47.7.